The minimum Gasteiger partial charge on any atom is -0.443 e. The van der Waals surface area contributed by atoms with Crippen molar-refractivity contribution in [2.45, 2.75) is 0 Å². The van der Waals surface area contributed by atoms with E-state index in [1.807, 2.05) is 18.5 Å². The molecule has 0 amide bonds. The summed E-state index contributed by atoms with van der Waals surface area (Å²) in [6.45, 7) is 0. The number of aromatic amines is 1. The Morgan fingerprint density at radius 1 is 1.50 bits per heavy atom. The Hall–Kier alpha value is -1.51. The van der Waals surface area contributed by atoms with Crippen LogP contribution in [0, 0.1) is 0 Å². The second kappa shape index (κ2) is 2.02. The van der Waals surface area contributed by atoms with Crippen molar-refractivity contribution in [3.05, 3.63) is 31.1 Å². The number of nitrogens with zero attached hydrogens (tertiary/aromatic N) is 1. The number of hydrogen-bond acceptors (Lipinski definition) is 2. The first-order valence-corrected chi connectivity index (χ1v) is 2.98. The van der Waals surface area contributed by atoms with E-state index >= 15 is 0 Å². The topological polar surface area (TPSA) is 41.8 Å². The van der Waals surface area contributed by atoms with Gasteiger partial charge >= 0.3 is 0 Å². The molecule has 2 rings (SSSR count). The predicted molar refractivity (Wildman–Crippen MR) is 36.3 cm³/mol. The van der Waals surface area contributed by atoms with Crippen LogP contribution < -0.4 is 0 Å². The summed E-state index contributed by atoms with van der Waals surface area (Å²) in [5.74, 6) is 0.793. The molecule has 0 bridgehead atoms. The maximum atomic E-state index is 5.05. The fraction of sp³-hybridized carbons (Fsp3) is 0. The molecular formula is C7H6N2O. The average molecular weight is 134 g/mol. The third-order valence-electron chi connectivity index (χ3n) is 1.31. The van der Waals surface area contributed by atoms with Crippen molar-refractivity contribution in [2.24, 2.45) is 0 Å². The minimum atomic E-state index is 0.793. The summed E-state index contributed by atoms with van der Waals surface area (Å²) in [7, 11) is 0. The summed E-state index contributed by atoms with van der Waals surface area (Å²) >= 11 is 0. The normalized spacial score (nSPS) is 10.0. The number of H-pyrrole nitrogens is 1. The van der Waals surface area contributed by atoms with Crippen LogP contribution in [0.3, 0.4) is 0 Å². The van der Waals surface area contributed by atoms with Gasteiger partial charge in [0.05, 0.1) is 6.20 Å². The van der Waals surface area contributed by atoms with Crippen molar-refractivity contribution in [3.8, 4) is 11.3 Å². The second-order valence-corrected chi connectivity index (χ2v) is 1.97. The third kappa shape index (κ3) is 0.719. The second-order valence-electron chi connectivity index (χ2n) is 1.97. The number of rotatable bonds is 1. The van der Waals surface area contributed by atoms with E-state index in [4.69, 9.17) is 4.42 Å². The zero-order chi connectivity index (χ0) is 6.81. The van der Waals surface area contributed by atoms with Gasteiger partial charge in [-0.1, -0.05) is 0 Å². The molecule has 0 fully saturated rings. The number of aromatic nitrogens is 2. The summed E-state index contributed by atoms with van der Waals surface area (Å²) in [5, 5.41) is 0. The lowest BCUT2D eigenvalue weighted by Gasteiger charge is -1.83. The molecule has 0 aliphatic carbocycles. The SMILES string of the molecule is c1cc(-c2cnco2)c[nH]1. The maximum Gasteiger partial charge on any atom is 0.181 e. The Balaban J connectivity index is 2.48. The molecule has 0 atom stereocenters. The van der Waals surface area contributed by atoms with Crippen molar-refractivity contribution in [1.82, 2.24) is 9.97 Å². The Labute approximate surface area is 57.7 Å². The first kappa shape index (κ1) is 5.29. The molecule has 0 spiro atoms. The molecule has 0 radical (unpaired) electrons. The number of nitrogens with one attached hydrogen (secondary N) is 1. The Morgan fingerprint density at radius 2 is 2.50 bits per heavy atom. The van der Waals surface area contributed by atoms with Crippen LogP contribution in [0.2, 0.25) is 0 Å². The van der Waals surface area contributed by atoms with E-state index in [1.165, 1.54) is 6.39 Å². The minimum absolute atomic E-state index is 0.793. The van der Waals surface area contributed by atoms with E-state index in [0.717, 1.165) is 11.3 Å². The van der Waals surface area contributed by atoms with Crippen LogP contribution in [0.1, 0.15) is 0 Å². The molecule has 0 saturated heterocycles. The van der Waals surface area contributed by atoms with E-state index in [-0.39, 0.29) is 0 Å². The highest BCUT2D eigenvalue weighted by atomic mass is 16.3. The molecule has 0 aromatic carbocycles. The first-order chi connectivity index (χ1) is 4.97. The number of oxazole rings is 1. The monoisotopic (exact) mass is 134 g/mol. The van der Waals surface area contributed by atoms with Gasteiger partial charge in [0.25, 0.3) is 0 Å². The molecule has 3 heteroatoms. The largest absolute Gasteiger partial charge is 0.443 e. The Bertz CT molecular complexity index is 251. The lowest BCUT2D eigenvalue weighted by atomic mass is 10.3. The van der Waals surface area contributed by atoms with Crippen molar-refractivity contribution in [1.29, 1.82) is 0 Å². The molecule has 2 aromatic rings. The zero-order valence-electron chi connectivity index (χ0n) is 5.24. The highest BCUT2D eigenvalue weighted by molar-refractivity contribution is 5.54. The van der Waals surface area contributed by atoms with Gasteiger partial charge in [0, 0.05) is 18.0 Å². The van der Waals surface area contributed by atoms with Crippen LogP contribution in [0.25, 0.3) is 11.3 Å². The van der Waals surface area contributed by atoms with Gasteiger partial charge in [-0.3, -0.25) is 0 Å². The van der Waals surface area contributed by atoms with Crippen LogP contribution >= 0.6 is 0 Å². The molecule has 0 aliphatic heterocycles. The molecule has 1 N–H and O–H groups in total. The van der Waals surface area contributed by atoms with Gasteiger partial charge in [0.2, 0.25) is 0 Å². The molecular weight excluding hydrogens is 128 g/mol. The molecule has 50 valence electrons. The Morgan fingerprint density at radius 3 is 3.10 bits per heavy atom. The van der Waals surface area contributed by atoms with E-state index < -0.39 is 0 Å². The van der Waals surface area contributed by atoms with Crippen LogP contribution in [0.5, 0.6) is 0 Å². The van der Waals surface area contributed by atoms with Gasteiger partial charge in [-0.05, 0) is 6.07 Å². The first-order valence-electron chi connectivity index (χ1n) is 2.98. The van der Waals surface area contributed by atoms with E-state index in [1.54, 1.807) is 6.20 Å². The van der Waals surface area contributed by atoms with Gasteiger partial charge in [0.1, 0.15) is 0 Å². The van der Waals surface area contributed by atoms with Crippen LogP contribution in [-0.2, 0) is 0 Å². The smallest absolute Gasteiger partial charge is 0.181 e. The van der Waals surface area contributed by atoms with Gasteiger partial charge in [-0.2, -0.15) is 0 Å². The molecule has 3 nitrogen and oxygen atoms in total. The van der Waals surface area contributed by atoms with Crippen LogP contribution in [0.15, 0.2) is 35.5 Å². The average Bonchev–Trinajstić information content (AvgIpc) is 2.59. The van der Waals surface area contributed by atoms with Crippen molar-refractivity contribution < 1.29 is 4.42 Å². The van der Waals surface area contributed by atoms with Gasteiger partial charge in [-0.15, -0.1) is 0 Å². The van der Waals surface area contributed by atoms with Gasteiger partial charge in [-0.25, -0.2) is 4.98 Å². The van der Waals surface area contributed by atoms with Crippen LogP contribution in [0.4, 0.5) is 0 Å². The number of hydrogen-bond donors (Lipinski definition) is 1. The highest BCUT2D eigenvalue weighted by Gasteiger charge is 1.98. The van der Waals surface area contributed by atoms with Crippen molar-refractivity contribution in [3.63, 3.8) is 0 Å². The fourth-order valence-electron chi connectivity index (χ4n) is 0.836. The standard InChI is InChI=1S/C7H6N2O/c1-2-8-3-6(1)7-4-9-5-10-7/h1-5,8H. The van der Waals surface area contributed by atoms with Gasteiger partial charge < -0.3 is 9.40 Å². The quantitative estimate of drug-likeness (QED) is 0.644. The third-order valence-corrected chi connectivity index (χ3v) is 1.31. The summed E-state index contributed by atoms with van der Waals surface area (Å²) in [6.07, 6.45) is 6.81. The molecule has 0 aliphatic rings. The van der Waals surface area contributed by atoms with Crippen molar-refractivity contribution >= 4 is 0 Å². The molecule has 0 saturated carbocycles. The lowest BCUT2D eigenvalue weighted by Crippen LogP contribution is -1.63. The molecule has 0 unspecified atom stereocenters. The lowest BCUT2D eigenvalue weighted by molar-refractivity contribution is 0.572. The van der Waals surface area contributed by atoms with Gasteiger partial charge in [0.15, 0.2) is 12.2 Å². The fourth-order valence-corrected chi connectivity index (χ4v) is 0.836. The molecule has 2 heterocycles. The predicted octanol–water partition coefficient (Wildman–Crippen LogP) is 1.67. The summed E-state index contributed by atoms with van der Waals surface area (Å²) in [5.41, 5.74) is 1.03. The highest BCUT2D eigenvalue weighted by Crippen LogP contribution is 2.16. The summed E-state index contributed by atoms with van der Waals surface area (Å²) < 4.78 is 5.05. The summed E-state index contributed by atoms with van der Waals surface area (Å²) in [6, 6.07) is 1.93. The molecule has 10 heavy (non-hydrogen) atoms. The van der Waals surface area contributed by atoms with Crippen molar-refractivity contribution in [2.75, 3.05) is 0 Å². The zero-order valence-corrected chi connectivity index (χ0v) is 5.24. The van der Waals surface area contributed by atoms with E-state index in [9.17, 15) is 0 Å². The van der Waals surface area contributed by atoms with E-state index in [0.29, 0.717) is 0 Å². The van der Waals surface area contributed by atoms with E-state index in [2.05, 4.69) is 9.97 Å². The maximum absolute atomic E-state index is 5.05. The summed E-state index contributed by atoms with van der Waals surface area (Å²) in [4.78, 5) is 6.73. The Kier molecular flexibility index (Phi) is 1.07. The van der Waals surface area contributed by atoms with Crippen LogP contribution in [-0.4, -0.2) is 9.97 Å². The molecule has 2 aromatic heterocycles.